The molecule has 0 aromatic heterocycles. The predicted octanol–water partition coefficient (Wildman–Crippen LogP) is 3.98. The Kier molecular flexibility index (Phi) is 5.53. The molecule has 3 aromatic rings. The molecule has 0 unspecified atom stereocenters. The highest BCUT2D eigenvalue weighted by Gasteiger charge is 2.07. The highest BCUT2D eigenvalue weighted by atomic mass is 79.9. The molecule has 3 aromatic carbocycles. The molecule has 0 aliphatic rings. The van der Waals surface area contributed by atoms with E-state index in [4.69, 9.17) is 4.74 Å². The van der Waals surface area contributed by atoms with Crippen LogP contribution in [0.3, 0.4) is 0 Å². The Morgan fingerprint density at radius 1 is 1.00 bits per heavy atom. The van der Waals surface area contributed by atoms with Crippen molar-refractivity contribution in [2.24, 2.45) is 0 Å². The Morgan fingerprint density at radius 3 is 2.58 bits per heavy atom. The summed E-state index contributed by atoms with van der Waals surface area (Å²) in [5.74, 6) is 0.115. The third-order valence-electron chi connectivity index (χ3n) is 3.78. The summed E-state index contributed by atoms with van der Waals surface area (Å²) in [5, 5.41) is 7.39. The highest BCUT2D eigenvalue weighted by Crippen LogP contribution is 2.24. The molecule has 2 N–H and O–H groups in total. The van der Waals surface area contributed by atoms with Crippen molar-refractivity contribution < 1.29 is 14.3 Å². The molecule has 0 saturated heterocycles. The monoisotopic (exact) mass is 412 g/mol. The Morgan fingerprint density at radius 2 is 1.77 bits per heavy atom. The number of carbonyl (C=O) groups is 2. The maximum atomic E-state index is 12.1. The number of hydrogen-bond acceptors (Lipinski definition) is 3. The largest absolute Gasteiger partial charge is 0.484 e. The van der Waals surface area contributed by atoms with Crippen LogP contribution in [-0.2, 0) is 4.79 Å². The Labute approximate surface area is 159 Å². The first kappa shape index (κ1) is 17.9. The maximum absolute atomic E-state index is 12.1. The average molecular weight is 413 g/mol. The smallest absolute Gasteiger partial charge is 0.262 e. The number of nitrogens with one attached hydrogen (secondary N) is 2. The fourth-order valence-electron chi connectivity index (χ4n) is 2.51. The van der Waals surface area contributed by atoms with Gasteiger partial charge in [0.05, 0.1) is 0 Å². The molecule has 0 atom stereocenters. The van der Waals surface area contributed by atoms with Gasteiger partial charge in [0, 0.05) is 22.8 Å². The summed E-state index contributed by atoms with van der Waals surface area (Å²) >= 11 is 3.44. The molecule has 0 radical (unpaired) electrons. The minimum atomic E-state index is -0.296. The van der Waals surface area contributed by atoms with Crippen molar-refractivity contribution in [3.05, 3.63) is 70.7 Å². The van der Waals surface area contributed by atoms with E-state index in [0.29, 0.717) is 17.0 Å². The van der Waals surface area contributed by atoms with Gasteiger partial charge in [-0.25, -0.2) is 0 Å². The third-order valence-corrected chi connectivity index (χ3v) is 4.27. The number of amides is 2. The van der Waals surface area contributed by atoms with Gasteiger partial charge in [0.25, 0.3) is 11.8 Å². The summed E-state index contributed by atoms with van der Waals surface area (Å²) in [6.07, 6.45) is 0. The molecule has 3 rings (SSSR count). The molecule has 0 spiro atoms. The molecule has 0 aliphatic carbocycles. The average Bonchev–Trinajstić information content (AvgIpc) is 2.66. The van der Waals surface area contributed by atoms with E-state index in [1.54, 1.807) is 31.3 Å². The summed E-state index contributed by atoms with van der Waals surface area (Å²) in [7, 11) is 1.56. The normalized spacial score (nSPS) is 10.4. The predicted molar refractivity (Wildman–Crippen MR) is 106 cm³/mol. The van der Waals surface area contributed by atoms with Crippen LogP contribution in [0.25, 0.3) is 10.8 Å². The van der Waals surface area contributed by atoms with E-state index >= 15 is 0 Å². The number of anilines is 1. The van der Waals surface area contributed by atoms with Gasteiger partial charge in [-0.1, -0.05) is 34.1 Å². The van der Waals surface area contributed by atoms with Crippen LogP contribution in [-0.4, -0.2) is 25.5 Å². The van der Waals surface area contributed by atoms with Crippen LogP contribution < -0.4 is 15.4 Å². The number of ether oxygens (including phenoxy) is 1. The summed E-state index contributed by atoms with van der Waals surface area (Å²) < 4.78 is 6.59. The van der Waals surface area contributed by atoms with Crippen molar-refractivity contribution in [1.82, 2.24) is 5.32 Å². The number of carbonyl (C=O) groups excluding carboxylic acids is 2. The molecule has 6 heteroatoms. The molecular formula is C20H17BrN2O3. The quantitative estimate of drug-likeness (QED) is 0.665. The molecule has 2 amide bonds. The van der Waals surface area contributed by atoms with Crippen LogP contribution in [0.15, 0.2) is 65.1 Å². The second kappa shape index (κ2) is 8.01. The summed E-state index contributed by atoms with van der Waals surface area (Å²) in [6.45, 7) is -0.119. The van der Waals surface area contributed by atoms with Crippen LogP contribution in [0.4, 0.5) is 5.69 Å². The molecule has 0 heterocycles. The lowest BCUT2D eigenvalue weighted by Crippen LogP contribution is -2.21. The van der Waals surface area contributed by atoms with Gasteiger partial charge in [0.15, 0.2) is 6.61 Å². The number of benzene rings is 3. The highest BCUT2D eigenvalue weighted by molar-refractivity contribution is 9.10. The molecule has 0 aliphatic heterocycles. The van der Waals surface area contributed by atoms with Crippen molar-refractivity contribution in [1.29, 1.82) is 0 Å². The second-order valence-corrected chi connectivity index (χ2v) is 6.57. The van der Waals surface area contributed by atoms with E-state index in [1.165, 1.54) is 0 Å². The molecule has 5 nitrogen and oxygen atoms in total. The zero-order valence-electron chi connectivity index (χ0n) is 14.1. The fraction of sp³-hybridized carbons (Fsp3) is 0.100. The topological polar surface area (TPSA) is 67.4 Å². The lowest BCUT2D eigenvalue weighted by atomic mass is 10.1. The van der Waals surface area contributed by atoms with Gasteiger partial charge in [-0.2, -0.15) is 0 Å². The maximum Gasteiger partial charge on any atom is 0.262 e. The molecule has 0 saturated carbocycles. The lowest BCUT2D eigenvalue weighted by Gasteiger charge is -2.09. The van der Waals surface area contributed by atoms with Gasteiger partial charge in [0.1, 0.15) is 5.75 Å². The van der Waals surface area contributed by atoms with E-state index in [-0.39, 0.29) is 18.4 Å². The van der Waals surface area contributed by atoms with Crippen molar-refractivity contribution in [2.75, 3.05) is 19.0 Å². The Balaban J connectivity index is 1.62. The zero-order valence-corrected chi connectivity index (χ0v) is 15.7. The van der Waals surface area contributed by atoms with Crippen LogP contribution in [0.2, 0.25) is 0 Å². The Bertz CT molecular complexity index is 972. The van der Waals surface area contributed by atoms with Gasteiger partial charge < -0.3 is 15.4 Å². The number of rotatable bonds is 5. The van der Waals surface area contributed by atoms with E-state index in [1.807, 2.05) is 36.4 Å². The second-order valence-electron chi connectivity index (χ2n) is 5.65. The SMILES string of the molecule is CNC(=O)c1cccc(NC(=O)COc2ccc3cc(Br)ccc3c2)c1. The number of fused-ring (bicyclic) bond motifs is 1. The minimum Gasteiger partial charge on any atom is -0.484 e. The number of hydrogen-bond donors (Lipinski definition) is 2. The lowest BCUT2D eigenvalue weighted by molar-refractivity contribution is -0.118. The molecule has 0 bridgehead atoms. The van der Waals surface area contributed by atoms with Crippen LogP contribution in [0, 0.1) is 0 Å². The van der Waals surface area contributed by atoms with Crippen LogP contribution >= 0.6 is 15.9 Å². The van der Waals surface area contributed by atoms with Gasteiger partial charge in [-0.15, -0.1) is 0 Å². The first-order chi connectivity index (χ1) is 12.5. The molecular weight excluding hydrogens is 396 g/mol. The van der Waals surface area contributed by atoms with E-state index in [9.17, 15) is 9.59 Å². The fourth-order valence-corrected chi connectivity index (χ4v) is 2.89. The van der Waals surface area contributed by atoms with Crippen LogP contribution in [0.1, 0.15) is 10.4 Å². The number of halogens is 1. The van der Waals surface area contributed by atoms with Crippen molar-refractivity contribution in [2.45, 2.75) is 0 Å². The first-order valence-corrected chi connectivity index (χ1v) is 8.78. The van der Waals surface area contributed by atoms with Crippen LogP contribution in [0.5, 0.6) is 5.75 Å². The molecule has 132 valence electrons. The minimum absolute atomic E-state index is 0.119. The molecule has 0 fully saturated rings. The molecule has 26 heavy (non-hydrogen) atoms. The zero-order chi connectivity index (χ0) is 18.5. The standard InChI is InChI=1S/C20H17BrN2O3/c1-22-20(25)15-3-2-4-17(10-15)23-19(24)12-26-18-8-6-13-9-16(21)7-5-14(13)11-18/h2-11H,12H2,1H3,(H,22,25)(H,23,24). The van der Waals surface area contributed by atoms with Crippen molar-refractivity contribution in [3.63, 3.8) is 0 Å². The third kappa shape index (κ3) is 4.40. The van der Waals surface area contributed by atoms with Gasteiger partial charge in [0.2, 0.25) is 0 Å². The Hall–Kier alpha value is -2.86. The van der Waals surface area contributed by atoms with E-state index < -0.39 is 0 Å². The van der Waals surface area contributed by atoms with Gasteiger partial charge >= 0.3 is 0 Å². The summed E-state index contributed by atoms with van der Waals surface area (Å²) in [6, 6.07) is 18.3. The van der Waals surface area contributed by atoms with Crippen molar-refractivity contribution >= 4 is 44.2 Å². The summed E-state index contributed by atoms with van der Waals surface area (Å²) in [4.78, 5) is 23.7. The van der Waals surface area contributed by atoms with Gasteiger partial charge in [-0.05, 0) is 53.2 Å². The van der Waals surface area contributed by atoms with Crippen molar-refractivity contribution in [3.8, 4) is 5.75 Å². The van der Waals surface area contributed by atoms with E-state index in [2.05, 4.69) is 26.6 Å². The van der Waals surface area contributed by atoms with Gasteiger partial charge in [-0.3, -0.25) is 9.59 Å². The van der Waals surface area contributed by atoms with E-state index in [0.717, 1.165) is 15.2 Å². The summed E-state index contributed by atoms with van der Waals surface area (Å²) in [5.41, 5.74) is 1.02. The first-order valence-electron chi connectivity index (χ1n) is 7.99.